The maximum Gasteiger partial charge on any atom is 0.419 e. The molecule has 0 radical (unpaired) electrons. The van der Waals surface area contributed by atoms with Crippen molar-refractivity contribution in [1.82, 2.24) is 0 Å². The van der Waals surface area contributed by atoms with Crippen LogP contribution in [0, 0.1) is 0 Å². The molecular formula is C12H12F3NO3. The van der Waals surface area contributed by atoms with Crippen LogP contribution in [0.2, 0.25) is 0 Å². The molecule has 0 aliphatic carbocycles. The zero-order chi connectivity index (χ0) is 14.6. The molecule has 0 aliphatic rings. The molecule has 104 valence electrons. The van der Waals surface area contributed by atoms with Crippen molar-refractivity contribution in [1.29, 1.82) is 0 Å². The Hall–Kier alpha value is -2.05. The van der Waals surface area contributed by atoms with E-state index in [1.807, 2.05) is 0 Å². The normalized spacial score (nSPS) is 12.8. The highest BCUT2D eigenvalue weighted by atomic mass is 19.4. The number of halogens is 3. The minimum Gasteiger partial charge on any atom is -0.480 e. The first-order valence-corrected chi connectivity index (χ1v) is 5.42. The summed E-state index contributed by atoms with van der Waals surface area (Å²) in [6.45, 7) is 1.56. The zero-order valence-corrected chi connectivity index (χ0v) is 10.0. The molecule has 1 aromatic carbocycles. The van der Waals surface area contributed by atoms with E-state index in [-0.39, 0.29) is 12.0 Å². The van der Waals surface area contributed by atoms with Gasteiger partial charge in [-0.05, 0) is 24.6 Å². The smallest absolute Gasteiger partial charge is 0.419 e. The molecule has 2 N–H and O–H groups in total. The Balaban J connectivity index is 3.19. The lowest BCUT2D eigenvalue weighted by Crippen LogP contribution is -2.33. The Morgan fingerprint density at radius 1 is 1.47 bits per heavy atom. The van der Waals surface area contributed by atoms with Crippen LogP contribution in [0.4, 0.5) is 13.2 Å². The first kappa shape index (κ1) is 15.0. The lowest BCUT2D eigenvalue weighted by atomic mass is 10.1. The first-order valence-electron chi connectivity index (χ1n) is 5.42. The third kappa shape index (κ3) is 3.70. The molecule has 1 amide bonds. The monoisotopic (exact) mass is 275 g/mol. The van der Waals surface area contributed by atoms with Gasteiger partial charge in [0.15, 0.2) is 6.10 Å². The number of alkyl halides is 3. The third-order valence-electron chi connectivity index (χ3n) is 2.40. The first-order chi connectivity index (χ1) is 8.79. The van der Waals surface area contributed by atoms with Crippen molar-refractivity contribution in [3.05, 3.63) is 29.3 Å². The second-order valence-corrected chi connectivity index (χ2v) is 3.79. The Morgan fingerprint density at radius 3 is 2.53 bits per heavy atom. The van der Waals surface area contributed by atoms with E-state index in [0.717, 1.165) is 6.07 Å². The summed E-state index contributed by atoms with van der Waals surface area (Å²) < 4.78 is 43.4. The quantitative estimate of drug-likeness (QED) is 0.837. The van der Waals surface area contributed by atoms with Gasteiger partial charge in [-0.1, -0.05) is 6.92 Å². The topological polar surface area (TPSA) is 69.4 Å². The van der Waals surface area contributed by atoms with E-state index in [4.69, 9.17) is 10.5 Å². The summed E-state index contributed by atoms with van der Waals surface area (Å²) in [6, 6.07) is 2.83. The van der Waals surface area contributed by atoms with Gasteiger partial charge in [-0.25, -0.2) is 0 Å². The highest BCUT2D eigenvalue weighted by Gasteiger charge is 2.35. The number of ether oxygens (including phenoxy) is 1. The molecule has 0 bridgehead atoms. The van der Waals surface area contributed by atoms with Crippen LogP contribution in [0.5, 0.6) is 5.75 Å². The predicted octanol–water partition coefficient (Wildman–Crippen LogP) is 2.16. The summed E-state index contributed by atoms with van der Waals surface area (Å²) in [6.07, 6.45) is -5.40. The molecule has 0 heterocycles. The molecule has 1 rings (SSSR count). The van der Waals surface area contributed by atoms with Crippen molar-refractivity contribution < 1.29 is 27.5 Å². The van der Waals surface area contributed by atoms with E-state index in [2.05, 4.69) is 0 Å². The van der Waals surface area contributed by atoms with Crippen LogP contribution in [0.1, 0.15) is 29.3 Å². The van der Waals surface area contributed by atoms with Gasteiger partial charge in [0.2, 0.25) is 0 Å². The number of carbonyl (C=O) groups is 2. The molecule has 0 saturated carbocycles. The van der Waals surface area contributed by atoms with Gasteiger partial charge in [0.05, 0.1) is 5.56 Å². The van der Waals surface area contributed by atoms with Crippen LogP contribution >= 0.6 is 0 Å². The van der Waals surface area contributed by atoms with Gasteiger partial charge in [0, 0.05) is 5.56 Å². The number of rotatable bonds is 5. The number of benzene rings is 1. The van der Waals surface area contributed by atoms with Gasteiger partial charge in [0.25, 0.3) is 5.91 Å². The number of amides is 1. The molecule has 0 aromatic heterocycles. The molecule has 19 heavy (non-hydrogen) atoms. The van der Waals surface area contributed by atoms with Gasteiger partial charge >= 0.3 is 6.18 Å². The van der Waals surface area contributed by atoms with E-state index in [1.165, 1.54) is 6.07 Å². The highest BCUT2D eigenvalue weighted by Crippen LogP contribution is 2.37. The molecule has 1 atom stereocenters. The second-order valence-electron chi connectivity index (χ2n) is 3.79. The standard InChI is InChI=1S/C12H12F3NO3/c1-2-9(11(16)18)19-10-4-3-7(6-17)5-8(10)12(13,14)15/h3-6,9H,2H2,1H3,(H2,16,18). The number of primary amides is 1. The maximum atomic E-state index is 12.8. The Labute approximate surface area is 107 Å². The van der Waals surface area contributed by atoms with E-state index in [9.17, 15) is 22.8 Å². The van der Waals surface area contributed by atoms with Crippen molar-refractivity contribution in [2.45, 2.75) is 25.6 Å². The van der Waals surface area contributed by atoms with Gasteiger partial charge in [0.1, 0.15) is 12.0 Å². The molecule has 0 fully saturated rings. The van der Waals surface area contributed by atoms with Crippen LogP contribution in [-0.2, 0) is 11.0 Å². The number of hydrogen-bond donors (Lipinski definition) is 1. The molecule has 0 spiro atoms. The Bertz CT molecular complexity index is 486. The van der Waals surface area contributed by atoms with Crippen molar-refractivity contribution >= 4 is 12.2 Å². The van der Waals surface area contributed by atoms with Crippen LogP contribution in [-0.4, -0.2) is 18.3 Å². The van der Waals surface area contributed by atoms with Crippen molar-refractivity contribution in [2.24, 2.45) is 5.73 Å². The molecule has 4 nitrogen and oxygen atoms in total. The number of aldehydes is 1. The maximum absolute atomic E-state index is 12.8. The average molecular weight is 275 g/mol. The van der Waals surface area contributed by atoms with Crippen LogP contribution in [0.3, 0.4) is 0 Å². The largest absolute Gasteiger partial charge is 0.480 e. The summed E-state index contributed by atoms with van der Waals surface area (Å²) in [4.78, 5) is 21.5. The van der Waals surface area contributed by atoms with Crippen molar-refractivity contribution in [3.8, 4) is 5.75 Å². The number of nitrogens with two attached hydrogens (primary N) is 1. The number of carbonyl (C=O) groups excluding carboxylic acids is 2. The average Bonchev–Trinajstić information content (AvgIpc) is 2.34. The van der Waals surface area contributed by atoms with Crippen molar-refractivity contribution in [2.75, 3.05) is 0 Å². The molecule has 0 saturated heterocycles. The minimum absolute atomic E-state index is 0.133. The molecule has 7 heteroatoms. The molecule has 1 unspecified atom stereocenters. The van der Waals surface area contributed by atoms with E-state index in [1.54, 1.807) is 6.92 Å². The van der Waals surface area contributed by atoms with Gasteiger partial charge < -0.3 is 10.5 Å². The van der Waals surface area contributed by atoms with Gasteiger partial charge in [-0.2, -0.15) is 13.2 Å². The molecular weight excluding hydrogens is 263 g/mol. The lowest BCUT2D eigenvalue weighted by molar-refractivity contribution is -0.140. The summed E-state index contributed by atoms with van der Waals surface area (Å²) in [5, 5.41) is 0. The van der Waals surface area contributed by atoms with Crippen LogP contribution in [0.25, 0.3) is 0 Å². The minimum atomic E-state index is -4.69. The van der Waals surface area contributed by atoms with E-state index in [0.29, 0.717) is 12.4 Å². The summed E-state index contributed by atoms with van der Waals surface area (Å²) >= 11 is 0. The van der Waals surface area contributed by atoms with E-state index >= 15 is 0 Å². The summed E-state index contributed by atoms with van der Waals surface area (Å²) in [5.74, 6) is -1.38. The highest BCUT2D eigenvalue weighted by molar-refractivity contribution is 5.79. The lowest BCUT2D eigenvalue weighted by Gasteiger charge is -2.18. The van der Waals surface area contributed by atoms with Gasteiger partial charge in [-0.15, -0.1) is 0 Å². The third-order valence-corrected chi connectivity index (χ3v) is 2.40. The Morgan fingerprint density at radius 2 is 2.11 bits per heavy atom. The fraction of sp³-hybridized carbons (Fsp3) is 0.333. The second kappa shape index (κ2) is 5.73. The van der Waals surface area contributed by atoms with Crippen LogP contribution < -0.4 is 10.5 Å². The molecule has 1 aromatic rings. The summed E-state index contributed by atoms with van der Waals surface area (Å²) in [7, 11) is 0. The fourth-order valence-electron chi connectivity index (χ4n) is 1.44. The van der Waals surface area contributed by atoms with E-state index < -0.39 is 29.5 Å². The Kier molecular flexibility index (Phi) is 4.52. The van der Waals surface area contributed by atoms with Crippen molar-refractivity contribution in [3.63, 3.8) is 0 Å². The fourth-order valence-corrected chi connectivity index (χ4v) is 1.44. The predicted molar refractivity (Wildman–Crippen MR) is 60.7 cm³/mol. The zero-order valence-electron chi connectivity index (χ0n) is 10.0. The number of hydrogen-bond acceptors (Lipinski definition) is 3. The summed E-state index contributed by atoms with van der Waals surface area (Å²) in [5.41, 5.74) is 3.76. The SMILES string of the molecule is CCC(Oc1ccc(C=O)cc1C(F)(F)F)C(N)=O. The molecule has 0 aliphatic heterocycles. The van der Waals surface area contributed by atoms with Gasteiger partial charge in [-0.3, -0.25) is 9.59 Å². The van der Waals surface area contributed by atoms with Crippen LogP contribution in [0.15, 0.2) is 18.2 Å².